The Balaban J connectivity index is 1.90. The average molecular weight is 452 g/mol. The SMILES string of the molecule is COc1cccc(N(CC(=O)N/N=C(/C)c2ccccc2)S(=O)(=O)c2ccc(C)cc2)c1. The highest BCUT2D eigenvalue weighted by atomic mass is 32.2. The number of rotatable bonds is 8. The first-order chi connectivity index (χ1) is 15.3. The number of hydrogen-bond acceptors (Lipinski definition) is 5. The van der Waals surface area contributed by atoms with Gasteiger partial charge in [0.15, 0.2) is 0 Å². The molecule has 0 aromatic heterocycles. The summed E-state index contributed by atoms with van der Waals surface area (Å²) in [5, 5.41) is 4.11. The molecular formula is C24H25N3O4S. The van der Waals surface area contributed by atoms with Crippen molar-refractivity contribution in [3.8, 4) is 5.75 Å². The number of nitrogens with zero attached hydrogens (tertiary/aromatic N) is 2. The van der Waals surface area contributed by atoms with Crippen LogP contribution in [0.3, 0.4) is 0 Å². The second kappa shape index (κ2) is 10.1. The van der Waals surface area contributed by atoms with Crippen molar-refractivity contribution in [1.82, 2.24) is 5.43 Å². The lowest BCUT2D eigenvalue weighted by atomic mass is 10.1. The lowest BCUT2D eigenvalue weighted by Gasteiger charge is -2.24. The molecule has 1 N–H and O–H groups in total. The number of ether oxygens (including phenoxy) is 1. The van der Waals surface area contributed by atoms with Crippen LogP contribution >= 0.6 is 0 Å². The number of amides is 1. The van der Waals surface area contributed by atoms with Gasteiger partial charge in [0.2, 0.25) is 0 Å². The Morgan fingerprint density at radius 1 is 1.00 bits per heavy atom. The summed E-state index contributed by atoms with van der Waals surface area (Å²) in [4.78, 5) is 12.8. The van der Waals surface area contributed by atoms with Gasteiger partial charge in [0.1, 0.15) is 12.3 Å². The van der Waals surface area contributed by atoms with Crippen LogP contribution < -0.4 is 14.5 Å². The number of carbonyl (C=O) groups is 1. The summed E-state index contributed by atoms with van der Waals surface area (Å²) in [5.41, 5.74) is 5.15. The zero-order chi connectivity index (χ0) is 23.1. The van der Waals surface area contributed by atoms with Crippen molar-refractivity contribution in [1.29, 1.82) is 0 Å². The van der Waals surface area contributed by atoms with Crippen LogP contribution in [0.25, 0.3) is 0 Å². The fourth-order valence-corrected chi connectivity index (χ4v) is 4.39. The Kier molecular flexibility index (Phi) is 7.27. The van der Waals surface area contributed by atoms with E-state index >= 15 is 0 Å². The molecule has 166 valence electrons. The third-order valence-corrected chi connectivity index (χ3v) is 6.57. The topological polar surface area (TPSA) is 88.1 Å². The molecule has 3 rings (SSSR count). The quantitative estimate of drug-likeness (QED) is 0.417. The molecule has 0 unspecified atom stereocenters. The van der Waals surface area contributed by atoms with E-state index in [4.69, 9.17) is 4.74 Å². The first-order valence-corrected chi connectivity index (χ1v) is 11.4. The maximum atomic E-state index is 13.4. The van der Waals surface area contributed by atoms with Crippen LogP contribution in [0.1, 0.15) is 18.1 Å². The fraction of sp³-hybridized carbons (Fsp3) is 0.167. The highest BCUT2D eigenvalue weighted by Gasteiger charge is 2.27. The van der Waals surface area contributed by atoms with Crippen LogP contribution in [0.15, 0.2) is 88.9 Å². The Morgan fingerprint density at radius 2 is 1.69 bits per heavy atom. The molecule has 0 saturated carbocycles. The van der Waals surface area contributed by atoms with Gasteiger partial charge in [0.05, 0.1) is 23.4 Å². The number of methoxy groups -OCH3 is 1. The molecule has 0 aliphatic carbocycles. The molecule has 0 atom stereocenters. The molecule has 0 bridgehead atoms. The number of nitrogens with one attached hydrogen (secondary N) is 1. The first-order valence-electron chi connectivity index (χ1n) is 9.93. The highest BCUT2D eigenvalue weighted by molar-refractivity contribution is 7.92. The molecule has 0 saturated heterocycles. The molecule has 0 heterocycles. The molecule has 0 aliphatic rings. The zero-order valence-corrected chi connectivity index (χ0v) is 19.0. The van der Waals surface area contributed by atoms with Crippen LogP contribution in [0, 0.1) is 6.92 Å². The molecule has 0 spiro atoms. The van der Waals surface area contributed by atoms with Crippen molar-refractivity contribution in [2.45, 2.75) is 18.7 Å². The fourth-order valence-electron chi connectivity index (χ4n) is 2.97. The lowest BCUT2D eigenvalue weighted by Crippen LogP contribution is -2.39. The third kappa shape index (κ3) is 5.53. The van der Waals surface area contributed by atoms with Gasteiger partial charge >= 0.3 is 0 Å². The summed E-state index contributed by atoms with van der Waals surface area (Å²) in [6.45, 7) is 3.18. The van der Waals surface area contributed by atoms with Gasteiger partial charge in [0, 0.05) is 6.07 Å². The molecule has 1 amide bonds. The molecule has 0 aliphatic heterocycles. The minimum absolute atomic E-state index is 0.0858. The molecule has 7 nitrogen and oxygen atoms in total. The van der Waals surface area contributed by atoms with Crippen LogP contribution in [-0.4, -0.2) is 33.7 Å². The molecule has 3 aromatic carbocycles. The largest absolute Gasteiger partial charge is 0.497 e. The average Bonchev–Trinajstić information content (AvgIpc) is 2.81. The standard InChI is InChI=1S/C24H25N3O4S/c1-18-12-14-23(15-13-18)32(29,30)27(21-10-7-11-22(16-21)31-3)17-24(28)26-25-19(2)20-8-5-4-6-9-20/h4-16H,17H2,1-3H3,(H,26,28)/b25-19-. The van der Waals surface area contributed by atoms with Gasteiger partial charge in [-0.15, -0.1) is 0 Å². The van der Waals surface area contributed by atoms with E-state index in [9.17, 15) is 13.2 Å². The Morgan fingerprint density at radius 3 is 2.34 bits per heavy atom. The number of aryl methyl sites for hydroxylation is 1. The van der Waals surface area contributed by atoms with E-state index in [-0.39, 0.29) is 4.90 Å². The van der Waals surface area contributed by atoms with Gasteiger partial charge in [-0.1, -0.05) is 54.1 Å². The predicted octanol–water partition coefficient (Wildman–Crippen LogP) is 3.74. The molecule has 32 heavy (non-hydrogen) atoms. The van der Waals surface area contributed by atoms with Crippen LogP contribution in [0.5, 0.6) is 5.75 Å². The Labute approximate surface area is 188 Å². The summed E-state index contributed by atoms with van der Waals surface area (Å²) in [6, 6.07) is 22.4. The Bertz CT molecular complexity index is 1210. The van der Waals surface area contributed by atoms with Crippen molar-refractivity contribution in [2.24, 2.45) is 5.10 Å². The van der Waals surface area contributed by atoms with Crippen molar-refractivity contribution >= 4 is 27.3 Å². The lowest BCUT2D eigenvalue weighted by molar-refractivity contribution is -0.119. The third-order valence-electron chi connectivity index (χ3n) is 4.78. The monoisotopic (exact) mass is 451 g/mol. The number of carbonyl (C=O) groups excluding carboxylic acids is 1. The van der Waals surface area contributed by atoms with Gasteiger partial charge < -0.3 is 4.74 Å². The summed E-state index contributed by atoms with van der Waals surface area (Å²) < 4.78 is 33.1. The van der Waals surface area contributed by atoms with E-state index in [2.05, 4.69) is 10.5 Å². The van der Waals surface area contributed by atoms with E-state index in [1.165, 1.54) is 19.2 Å². The van der Waals surface area contributed by atoms with E-state index in [1.807, 2.05) is 37.3 Å². The first kappa shape index (κ1) is 23.0. The van der Waals surface area contributed by atoms with E-state index in [1.54, 1.807) is 43.3 Å². The molecule has 0 fully saturated rings. The van der Waals surface area contributed by atoms with Gasteiger partial charge in [-0.25, -0.2) is 13.8 Å². The summed E-state index contributed by atoms with van der Waals surface area (Å²) in [7, 11) is -2.52. The van der Waals surface area contributed by atoms with Gasteiger partial charge in [0.25, 0.3) is 15.9 Å². The molecule has 8 heteroatoms. The summed E-state index contributed by atoms with van der Waals surface area (Å²) in [5.74, 6) is -0.0938. The summed E-state index contributed by atoms with van der Waals surface area (Å²) in [6.07, 6.45) is 0. The number of hydrogen-bond donors (Lipinski definition) is 1. The van der Waals surface area contributed by atoms with Gasteiger partial charge in [-0.2, -0.15) is 5.10 Å². The summed E-state index contributed by atoms with van der Waals surface area (Å²) >= 11 is 0. The second-order valence-electron chi connectivity index (χ2n) is 7.12. The van der Waals surface area contributed by atoms with Crippen LogP contribution in [0.4, 0.5) is 5.69 Å². The van der Waals surface area contributed by atoms with Crippen molar-refractivity contribution < 1.29 is 17.9 Å². The van der Waals surface area contributed by atoms with Gasteiger partial charge in [-0.3, -0.25) is 9.10 Å². The Hall–Kier alpha value is -3.65. The van der Waals surface area contributed by atoms with Crippen molar-refractivity contribution in [3.63, 3.8) is 0 Å². The zero-order valence-electron chi connectivity index (χ0n) is 18.1. The maximum absolute atomic E-state index is 13.4. The van der Waals surface area contributed by atoms with Crippen molar-refractivity contribution in [2.75, 3.05) is 18.0 Å². The molecule has 0 radical (unpaired) electrons. The highest BCUT2D eigenvalue weighted by Crippen LogP contribution is 2.27. The number of anilines is 1. The van der Waals surface area contributed by atoms with Crippen molar-refractivity contribution in [3.05, 3.63) is 90.0 Å². The van der Waals surface area contributed by atoms with Crippen LogP contribution in [-0.2, 0) is 14.8 Å². The minimum Gasteiger partial charge on any atom is -0.497 e. The smallest absolute Gasteiger partial charge is 0.264 e. The molecular weight excluding hydrogens is 426 g/mol. The van der Waals surface area contributed by atoms with E-state index < -0.39 is 22.5 Å². The number of sulfonamides is 1. The van der Waals surface area contributed by atoms with E-state index in [0.717, 1.165) is 15.4 Å². The van der Waals surface area contributed by atoms with Gasteiger partial charge in [-0.05, 0) is 43.7 Å². The van der Waals surface area contributed by atoms with Crippen LogP contribution in [0.2, 0.25) is 0 Å². The van der Waals surface area contributed by atoms with E-state index in [0.29, 0.717) is 17.1 Å². The number of benzene rings is 3. The second-order valence-corrected chi connectivity index (χ2v) is 8.99. The normalized spacial score (nSPS) is 11.7. The predicted molar refractivity (Wildman–Crippen MR) is 126 cm³/mol. The minimum atomic E-state index is -4.01. The maximum Gasteiger partial charge on any atom is 0.264 e. The number of hydrazone groups is 1. The molecule has 3 aromatic rings.